The summed E-state index contributed by atoms with van der Waals surface area (Å²) >= 11 is 6.37. The Balaban J connectivity index is 0.000000139. The number of fused-ring (bicyclic) bond motifs is 4. The van der Waals surface area contributed by atoms with E-state index in [9.17, 15) is 28.2 Å². The van der Waals surface area contributed by atoms with Gasteiger partial charge in [-0.15, -0.1) is 0 Å². The van der Waals surface area contributed by atoms with E-state index in [1.54, 1.807) is 148 Å². The van der Waals surface area contributed by atoms with E-state index in [0.717, 1.165) is 125 Å². The number of rotatable bonds is 24. The molecule has 36 nitrogen and oxygen atoms in total. The SMILES string of the molecule is C=S(C)(=O)c1ccc(-c2c[nH]c3nc(Nc4ccc(C(=O)NC)cc4C)nc(OC4CCOCC4)c23)cc1.CNC(=O)c1ccc(-c2c[nH]c3nc(Nc4ccc(C(=O)N(C)C)cc4C)nc(OC4CCOCC4)c23)cn1.CNC(=O)c1ccc(Nc2nc(OC)c3c(-c4ccncc4)c[nH]c3n2)c(C)c1.COc1nc(Nc2ccc(C(=O)N(C)C)cc2Cl)nc2[nH]cc(-c3ccncc3)c12. The molecule has 0 spiro atoms. The molecule has 2 aliphatic rings. The highest BCUT2D eigenvalue weighted by molar-refractivity contribution is 7.99. The molecule has 2 fully saturated rings. The lowest BCUT2D eigenvalue weighted by Gasteiger charge is -2.23. The maximum atomic E-state index is 12.4. The molecule has 5 amide bonds. The molecular weight excluding hydrogens is 1770 g/mol. The molecule has 136 heavy (non-hydrogen) atoms. The van der Waals surface area contributed by atoms with Crippen molar-refractivity contribution in [2.75, 3.05) is 118 Å². The van der Waals surface area contributed by atoms with Gasteiger partial charge in [-0.05, 0) is 185 Å². The fourth-order valence-electron chi connectivity index (χ4n) is 15.2. The number of benzene rings is 5. The largest absolute Gasteiger partial charge is 0.480 e. The predicted octanol–water partition coefficient (Wildman–Crippen LogP) is 15.6. The molecule has 0 aliphatic carbocycles. The van der Waals surface area contributed by atoms with Gasteiger partial charge in [-0.1, -0.05) is 29.8 Å². The van der Waals surface area contributed by atoms with Crippen LogP contribution in [-0.4, -0.2) is 233 Å². The van der Waals surface area contributed by atoms with E-state index in [1.807, 2.05) is 137 Å². The highest BCUT2D eigenvalue weighted by Crippen LogP contribution is 2.42. The van der Waals surface area contributed by atoms with Crippen LogP contribution >= 0.6 is 11.6 Å². The number of H-pyrrole nitrogens is 4. The monoisotopic (exact) mass is 1870 g/mol. The summed E-state index contributed by atoms with van der Waals surface area (Å²) in [5, 5.41) is 24.2. The third kappa shape index (κ3) is 21.8. The molecule has 698 valence electrons. The van der Waals surface area contributed by atoms with E-state index in [2.05, 4.69) is 97.9 Å². The van der Waals surface area contributed by atoms with Crippen LogP contribution in [0.1, 0.15) is 94.3 Å². The van der Waals surface area contributed by atoms with Crippen LogP contribution in [0.4, 0.5) is 46.5 Å². The highest BCUT2D eigenvalue weighted by atomic mass is 35.5. The number of pyridine rings is 3. The average molecular weight is 1870 g/mol. The lowest BCUT2D eigenvalue weighted by Crippen LogP contribution is -2.26. The number of aromatic amines is 4. The quantitative estimate of drug-likeness (QED) is 0.0250. The molecular formula is C98H101ClN24O12S. The minimum absolute atomic E-state index is 0.0238. The van der Waals surface area contributed by atoms with E-state index in [4.69, 9.17) is 60.0 Å². The summed E-state index contributed by atoms with van der Waals surface area (Å²) in [5.74, 6) is 6.31. The lowest BCUT2D eigenvalue weighted by atomic mass is 10.1. The normalized spacial score (nSPS) is 13.0. The smallest absolute Gasteiger partial charge is 0.269 e. The molecule has 0 saturated carbocycles. The summed E-state index contributed by atoms with van der Waals surface area (Å²) in [6.07, 6.45) is 20.7. The summed E-state index contributed by atoms with van der Waals surface area (Å²) < 4.78 is 47.3. The maximum absolute atomic E-state index is 12.4. The molecule has 16 aromatic rings. The van der Waals surface area contributed by atoms with Crippen molar-refractivity contribution >= 4 is 147 Å². The molecule has 1 unspecified atom stereocenters. The Hall–Kier alpha value is -16.0. The molecule has 11 aromatic heterocycles. The second kappa shape index (κ2) is 42.3. The van der Waals surface area contributed by atoms with Crippen molar-refractivity contribution in [3.05, 3.63) is 239 Å². The molecule has 13 heterocycles. The summed E-state index contributed by atoms with van der Waals surface area (Å²) in [6.45, 7) is 8.31. The summed E-state index contributed by atoms with van der Waals surface area (Å²) in [4.78, 5) is 126. The van der Waals surface area contributed by atoms with Crippen molar-refractivity contribution < 1.29 is 56.6 Å². The summed E-state index contributed by atoms with van der Waals surface area (Å²) in [6, 6.07) is 40.0. The van der Waals surface area contributed by atoms with Crippen molar-refractivity contribution in [1.29, 1.82) is 0 Å². The molecule has 2 aliphatic heterocycles. The summed E-state index contributed by atoms with van der Waals surface area (Å²) in [7, 11) is 12.4. The zero-order valence-electron chi connectivity index (χ0n) is 76.9. The van der Waals surface area contributed by atoms with Crippen molar-refractivity contribution in [3.63, 3.8) is 0 Å². The van der Waals surface area contributed by atoms with Crippen LogP contribution in [0.3, 0.4) is 0 Å². The number of aryl methyl sites for hydroxylation is 3. The van der Waals surface area contributed by atoms with Gasteiger partial charge in [-0.3, -0.25) is 43.1 Å². The summed E-state index contributed by atoms with van der Waals surface area (Å²) in [5.41, 5.74) is 18.0. The first-order chi connectivity index (χ1) is 65.6. The van der Waals surface area contributed by atoms with E-state index in [1.165, 1.54) is 4.90 Å². The number of hydrogen-bond donors (Lipinski definition) is 11. The third-order valence-electron chi connectivity index (χ3n) is 22.4. The van der Waals surface area contributed by atoms with Crippen molar-refractivity contribution in [1.82, 2.24) is 101 Å². The number of carbonyl (C=O) groups excluding carboxylic acids is 5. The number of carbonyl (C=O) groups is 5. The molecule has 2 saturated heterocycles. The Morgan fingerprint density at radius 2 is 0.757 bits per heavy atom. The zero-order valence-corrected chi connectivity index (χ0v) is 78.5. The van der Waals surface area contributed by atoms with Crippen LogP contribution in [0.5, 0.6) is 23.5 Å². The Labute approximate surface area is 787 Å². The lowest BCUT2D eigenvalue weighted by molar-refractivity contribution is 0.0242. The third-order valence-corrected chi connectivity index (χ3v) is 24.0. The minimum atomic E-state index is -2.31. The molecule has 0 bridgehead atoms. The molecule has 18 rings (SSSR count). The molecule has 0 radical (unpaired) electrons. The number of methoxy groups -OCH3 is 2. The number of nitrogens with zero attached hydrogens (tertiary/aromatic N) is 13. The van der Waals surface area contributed by atoms with Crippen LogP contribution in [0.2, 0.25) is 5.02 Å². The molecule has 11 N–H and O–H groups in total. The van der Waals surface area contributed by atoms with Gasteiger partial charge in [0.25, 0.3) is 29.5 Å². The van der Waals surface area contributed by atoms with Crippen LogP contribution in [0, 0.1) is 20.8 Å². The van der Waals surface area contributed by atoms with E-state index in [0.29, 0.717) is 140 Å². The standard InChI is InChI=1S/C28H31N7O4.C28H31N5O4S.C21H19ClN6O2.C21H20N6O2/c1-16-13-17(27(37)35(3)4)5-7-21(16)32-28-33-24-23(26(34-28)39-19-9-11-38-12-10-19)20(15-31-24)18-6-8-22(30-14-18)25(36)29-2;1-17-15-19(26(34)29-2)7-10-23(17)31-28-32-25-24(27(33-28)37-20-11-13-36-14-12-20)22(16-30-25)18-5-8-21(9-6-18)38(3,4)35;1-28(2)20(29)13-4-5-16(15(22)10-13)25-21-26-18-17(19(27-21)30-3)14(11-24-18)12-6-8-23-9-7-12;1-12-10-14(19(28)22-2)4-5-16(12)25-21-26-18-17(20(27-21)29-3)15(11-24-18)13-6-8-23-9-7-13/h5-8,13-15,19H,9-12H2,1-4H3,(H,29,36)(H2,31,32,33,34);5-10,15-16,20H,3,11-14H2,1-2,4H3,(H,29,34)(H2,30,31,32,33);4-11H,1-3H3,(H2,24,25,26,27);4-11H,1-3H3,(H,22,28)(H2,24,25,26,27). The number of hydrogen-bond acceptors (Lipinski definition) is 27. The van der Waals surface area contributed by atoms with Crippen LogP contribution in [0.15, 0.2) is 194 Å². The Kier molecular flexibility index (Phi) is 29.4. The fraction of sp³-hybridized carbons (Fsp3) is 0.235. The molecule has 38 heteroatoms. The first kappa shape index (κ1) is 94.6. The first-order valence-corrected chi connectivity index (χ1v) is 45.8. The van der Waals surface area contributed by atoms with Gasteiger partial charge in [-0.25, -0.2) is 0 Å². The minimum Gasteiger partial charge on any atom is -0.480 e. The van der Waals surface area contributed by atoms with Crippen LogP contribution in [0.25, 0.3) is 88.6 Å². The van der Waals surface area contributed by atoms with Gasteiger partial charge in [0.15, 0.2) is 0 Å². The van der Waals surface area contributed by atoms with Crippen molar-refractivity contribution in [2.45, 2.75) is 63.6 Å². The van der Waals surface area contributed by atoms with E-state index in [-0.39, 0.29) is 41.7 Å². The topological polar surface area (TPSA) is 453 Å². The number of halogens is 1. The highest BCUT2D eigenvalue weighted by Gasteiger charge is 2.28. The number of nitrogens with one attached hydrogen (secondary N) is 11. The molecule has 1 atom stereocenters. The zero-order chi connectivity index (χ0) is 96.0. The first-order valence-electron chi connectivity index (χ1n) is 43.3. The fourth-order valence-corrected chi connectivity index (χ4v) is 16.1. The van der Waals surface area contributed by atoms with E-state index < -0.39 is 9.52 Å². The van der Waals surface area contributed by atoms with Crippen molar-refractivity contribution in [2.24, 2.45) is 0 Å². The average Bonchev–Trinajstić information content (AvgIpc) is 1.64. The van der Waals surface area contributed by atoms with Crippen LogP contribution < -0.4 is 56.2 Å². The van der Waals surface area contributed by atoms with Gasteiger partial charge < -0.3 is 95.4 Å². The number of amides is 5. The number of ether oxygens (including phenoxy) is 6. The van der Waals surface area contributed by atoms with Gasteiger partial charge in [0.05, 0.1) is 72.9 Å². The van der Waals surface area contributed by atoms with E-state index >= 15 is 0 Å². The maximum Gasteiger partial charge on any atom is 0.269 e. The number of aromatic nitrogens is 15. The number of anilines is 8. The van der Waals surface area contributed by atoms with Gasteiger partial charge in [0, 0.05) is 209 Å². The second-order valence-electron chi connectivity index (χ2n) is 32.2. The van der Waals surface area contributed by atoms with Gasteiger partial charge in [-0.2, -0.15) is 39.9 Å². The second-order valence-corrected chi connectivity index (χ2v) is 35.1. The van der Waals surface area contributed by atoms with Crippen molar-refractivity contribution in [3.8, 4) is 68.0 Å². The predicted molar refractivity (Wildman–Crippen MR) is 527 cm³/mol. The van der Waals surface area contributed by atoms with Gasteiger partial charge in [0.1, 0.15) is 40.5 Å². The Bertz CT molecular complexity index is 7210. The molecule has 5 aromatic carbocycles. The Morgan fingerprint density at radius 3 is 1.10 bits per heavy atom. The van der Waals surface area contributed by atoms with Gasteiger partial charge >= 0.3 is 0 Å². The van der Waals surface area contributed by atoms with Gasteiger partial charge in [0.2, 0.25) is 47.3 Å². The Morgan fingerprint density at radius 1 is 0.426 bits per heavy atom. The van der Waals surface area contributed by atoms with Crippen LogP contribution in [-0.2, 0) is 19.0 Å².